The number of nitrogens with one attached hydrogen (secondary N) is 2. The molecule has 2 N–H and O–H groups in total. The van der Waals surface area contributed by atoms with Crippen LogP contribution in [-0.2, 0) is 26.1 Å². The summed E-state index contributed by atoms with van der Waals surface area (Å²) >= 11 is 0. The number of aromatic nitrogens is 4. The molecule has 0 radical (unpaired) electrons. The number of fused-ring (bicyclic) bond motifs is 2. The Labute approximate surface area is 222 Å². The van der Waals surface area contributed by atoms with Crippen LogP contribution in [0.1, 0.15) is 64.3 Å². The Hall–Kier alpha value is -3.00. The lowest BCUT2D eigenvalue weighted by Crippen LogP contribution is -2.58. The first-order valence-corrected chi connectivity index (χ1v) is 14.5. The smallest absolute Gasteiger partial charge is 0.432 e. The average Bonchev–Trinajstić information content (AvgIpc) is 3.27. The van der Waals surface area contributed by atoms with E-state index in [0.717, 1.165) is 25.0 Å². The van der Waals surface area contributed by atoms with E-state index in [9.17, 15) is 13.2 Å². The molecule has 38 heavy (non-hydrogen) atoms. The van der Waals surface area contributed by atoms with Crippen molar-refractivity contribution < 1.29 is 27.1 Å². The SMILES string of the molecule is CCS(=O)(=O)N1[C@@H]2CCC[C@H]1CC(N(C)c1nc(COC(=O)OC(C)C)c(F)c(Nc3cc(C)[nH]n3)n1)C2. The second-order valence-corrected chi connectivity index (χ2v) is 12.3. The summed E-state index contributed by atoms with van der Waals surface area (Å²) < 4.78 is 52.8. The summed E-state index contributed by atoms with van der Waals surface area (Å²) in [5.74, 6) is -0.221. The number of piperidine rings is 2. The van der Waals surface area contributed by atoms with Crippen LogP contribution in [0, 0.1) is 12.7 Å². The molecule has 2 aliphatic rings. The van der Waals surface area contributed by atoms with Gasteiger partial charge in [-0.2, -0.15) is 14.4 Å². The Morgan fingerprint density at radius 1 is 1.29 bits per heavy atom. The van der Waals surface area contributed by atoms with Crippen molar-refractivity contribution in [1.82, 2.24) is 24.5 Å². The molecule has 14 heteroatoms. The summed E-state index contributed by atoms with van der Waals surface area (Å²) in [6.07, 6.45) is 2.49. The fourth-order valence-electron chi connectivity index (χ4n) is 5.17. The highest BCUT2D eigenvalue weighted by atomic mass is 32.2. The Balaban J connectivity index is 1.61. The number of carbonyl (C=O) groups excluding carboxylic acids is 1. The average molecular weight is 554 g/mol. The number of ether oxygens (including phenoxy) is 2. The number of halogens is 1. The van der Waals surface area contributed by atoms with Crippen LogP contribution in [-0.4, -0.2) is 76.1 Å². The van der Waals surface area contributed by atoms with Gasteiger partial charge in [0.2, 0.25) is 16.0 Å². The molecular weight excluding hydrogens is 517 g/mol. The minimum atomic E-state index is -3.32. The third kappa shape index (κ3) is 6.17. The van der Waals surface area contributed by atoms with Crippen LogP contribution in [0.4, 0.5) is 26.8 Å². The molecule has 2 aromatic rings. The van der Waals surface area contributed by atoms with E-state index >= 15 is 4.39 Å². The van der Waals surface area contributed by atoms with E-state index in [4.69, 9.17) is 9.47 Å². The van der Waals surface area contributed by atoms with Crippen molar-refractivity contribution in [1.29, 1.82) is 0 Å². The first kappa shape index (κ1) is 28.0. The first-order valence-electron chi connectivity index (χ1n) is 12.9. The lowest BCUT2D eigenvalue weighted by Gasteiger charge is -2.49. The van der Waals surface area contributed by atoms with Crippen molar-refractivity contribution in [2.75, 3.05) is 23.0 Å². The lowest BCUT2D eigenvalue weighted by atomic mass is 9.83. The van der Waals surface area contributed by atoms with Gasteiger partial charge in [0.25, 0.3) is 0 Å². The number of sulfonamides is 1. The highest BCUT2D eigenvalue weighted by Crippen LogP contribution is 2.38. The maximum absolute atomic E-state index is 15.4. The Morgan fingerprint density at radius 3 is 2.55 bits per heavy atom. The fourth-order valence-corrected chi connectivity index (χ4v) is 6.76. The van der Waals surface area contributed by atoms with E-state index < -0.39 is 28.6 Å². The number of carbonyl (C=O) groups is 1. The fraction of sp³-hybridized carbons (Fsp3) is 0.667. The molecule has 1 unspecified atom stereocenters. The van der Waals surface area contributed by atoms with Gasteiger partial charge in [0.1, 0.15) is 12.3 Å². The quantitative estimate of drug-likeness (QED) is 0.442. The van der Waals surface area contributed by atoms with Gasteiger partial charge in [-0.05, 0) is 53.4 Å². The van der Waals surface area contributed by atoms with Crippen LogP contribution in [0.3, 0.4) is 0 Å². The predicted molar refractivity (Wildman–Crippen MR) is 139 cm³/mol. The molecule has 0 spiro atoms. The molecule has 2 aromatic heterocycles. The van der Waals surface area contributed by atoms with Gasteiger partial charge >= 0.3 is 6.16 Å². The minimum Gasteiger partial charge on any atom is -0.432 e. The normalized spacial score (nSPS) is 21.8. The minimum absolute atomic E-state index is 0.0563. The number of hydrogen-bond acceptors (Lipinski definition) is 10. The Kier molecular flexibility index (Phi) is 8.40. The van der Waals surface area contributed by atoms with Crippen molar-refractivity contribution in [2.45, 2.75) is 90.6 Å². The van der Waals surface area contributed by atoms with E-state index in [-0.39, 0.29) is 47.4 Å². The zero-order chi connectivity index (χ0) is 27.6. The molecule has 0 amide bonds. The molecular formula is C24H36FN7O5S. The molecule has 2 bridgehead atoms. The van der Waals surface area contributed by atoms with Gasteiger partial charge in [-0.1, -0.05) is 6.42 Å². The second-order valence-electron chi connectivity index (χ2n) is 10.1. The van der Waals surface area contributed by atoms with Crippen molar-refractivity contribution in [3.05, 3.63) is 23.3 Å². The van der Waals surface area contributed by atoms with Gasteiger partial charge in [-0.15, -0.1) is 0 Å². The van der Waals surface area contributed by atoms with Gasteiger partial charge in [0.05, 0.1) is 11.9 Å². The molecule has 210 valence electrons. The van der Waals surface area contributed by atoms with E-state index in [1.165, 1.54) is 0 Å². The summed E-state index contributed by atoms with van der Waals surface area (Å²) in [5, 5.41) is 9.74. The Bertz CT molecular complexity index is 1240. The van der Waals surface area contributed by atoms with Crippen LogP contribution in [0.15, 0.2) is 6.07 Å². The number of anilines is 3. The molecule has 2 aliphatic heterocycles. The molecule has 2 fully saturated rings. The number of rotatable bonds is 9. The van der Waals surface area contributed by atoms with Gasteiger partial charge < -0.3 is 19.7 Å². The summed E-state index contributed by atoms with van der Waals surface area (Å²) in [4.78, 5) is 22.6. The zero-order valence-electron chi connectivity index (χ0n) is 22.4. The number of aromatic amines is 1. The maximum Gasteiger partial charge on any atom is 0.508 e. The van der Waals surface area contributed by atoms with Gasteiger partial charge in [-0.3, -0.25) is 5.10 Å². The highest BCUT2D eigenvalue weighted by molar-refractivity contribution is 7.89. The molecule has 0 aliphatic carbocycles. The summed E-state index contributed by atoms with van der Waals surface area (Å²) in [5.41, 5.74) is 0.656. The van der Waals surface area contributed by atoms with Crippen molar-refractivity contribution in [3.63, 3.8) is 0 Å². The molecule has 4 heterocycles. The molecule has 3 atom stereocenters. The summed E-state index contributed by atoms with van der Waals surface area (Å²) in [7, 11) is -1.50. The number of nitrogens with zero attached hydrogens (tertiary/aromatic N) is 5. The van der Waals surface area contributed by atoms with Crippen molar-refractivity contribution in [2.24, 2.45) is 0 Å². The van der Waals surface area contributed by atoms with Crippen molar-refractivity contribution in [3.8, 4) is 0 Å². The van der Waals surface area contributed by atoms with E-state index in [1.54, 1.807) is 31.1 Å². The predicted octanol–water partition coefficient (Wildman–Crippen LogP) is 3.62. The molecule has 0 saturated carbocycles. The monoisotopic (exact) mass is 553 g/mol. The van der Waals surface area contributed by atoms with E-state index in [2.05, 4.69) is 25.5 Å². The lowest BCUT2D eigenvalue weighted by molar-refractivity contribution is 0.0285. The molecule has 0 aromatic carbocycles. The summed E-state index contributed by atoms with van der Waals surface area (Å²) in [6.45, 7) is 6.40. The Morgan fingerprint density at radius 2 is 1.97 bits per heavy atom. The molecule has 12 nitrogen and oxygen atoms in total. The number of hydrogen-bond donors (Lipinski definition) is 2. The first-order chi connectivity index (χ1) is 18.0. The molecule has 2 saturated heterocycles. The van der Waals surface area contributed by atoms with Crippen LogP contribution in [0.5, 0.6) is 0 Å². The highest BCUT2D eigenvalue weighted by Gasteiger charge is 2.45. The van der Waals surface area contributed by atoms with Crippen LogP contribution in [0.25, 0.3) is 0 Å². The van der Waals surface area contributed by atoms with Gasteiger partial charge in [0.15, 0.2) is 17.5 Å². The molecule has 4 rings (SSSR count). The number of aryl methyl sites for hydroxylation is 1. The standard InChI is InChI=1S/C24H36FN7O5S/c1-6-38(34,35)32-16-8-7-9-17(32)12-18(11-16)31(5)23-26-19(13-36-24(33)37-14(2)3)21(25)22(28-23)27-20-10-15(4)29-30-20/h10,14,16-18H,6-9,11-13H2,1-5H3,(H2,26,27,28,29,30)/t16-,17+,18?. The zero-order valence-corrected chi connectivity index (χ0v) is 23.2. The van der Waals surface area contributed by atoms with Crippen molar-refractivity contribution >= 4 is 33.8 Å². The van der Waals surface area contributed by atoms with Gasteiger partial charge in [0, 0.05) is 36.9 Å². The van der Waals surface area contributed by atoms with Gasteiger partial charge in [-0.25, -0.2) is 22.6 Å². The van der Waals surface area contributed by atoms with Crippen LogP contribution < -0.4 is 10.2 Å². The third-order valence-electron chi connectivity index (χ3n) is 6.95. The second kappa shape index (κ2) is 11.4. The topological polar surface area (TPSA) is 143 Å². The van der Waals surface area contributed by atoms with Crippen LogP contribution in [0.2, 0.25) is 0 Å². The maximum atomic E-state index is 15.4. The summed E-state index contributed by atoms with van der Waals surface area (Å²) in [6, 6.07) is 1.45. The van der Waals surface area contributed by atoms with Crippen LogP contribution >= 0.6 is 0 Å². The largest absolute Gasteiger partial charge is 0.508 e. The third-order valence-corrected chi connectivity index (χ3v) is 8.92. The van der Waals surface area contributed by atoms with E-state index in [0.29, 0.717) is 18.7 Å². The number of H-pyrrole nitrogens is 1. The van der Waals surface area contributed by atoms with E-state index in [1.807, 2.05) is 18.9 Å².